The molecule has 2 aliphatic carbocycles. The fourth-order valence-electron chi connectivity index (χ4n) is 4.05. The maximum absolute atomic E-state index is 12.7. The first-order chi connectivity index (χ1) is 10.6. The number of anilines is 2. The van der Waals surface area contributed by atoms with Crippen molar-refractivity contribution >= 4 is 29.1 Å². The first-order valence-electron chi connectivity index (χ1n) is 7.50. The average Bonchev–Trinajstić information content (AvgIpc) is 3.14. The third-order valence-electron chi connectivity index (χ3n) is 4.92. The third kappa shape index (κ3) is 1.75. The zero-order valence-corrected chi connectivity index (χ0v) is 12.2. The summed E-state index contributed by atoms with van der Waals surface area (Å²) in [4.78, 5) is 37.7. The van der Waals surface area contributed by atoms with Gasteiger partial charge in [0, 0.05) is 12.6 Å². The lowest BCUT2D eigenvalue weighted by molar-refractivity contribution is -0.123. The molecule has 4 atom stereocenters. The van der Waals surface area contributed by atoms with Gasteiger partial charge in [0.1, 0.15) is 0 Å². The van der Waals surface area contributed by atoms with Crippen LogP contribution in [0.5, 0.6) is 0 Å². The molecule has 3 amide bonds. The molecule has 0 unspecified atom stereocenters. The first kappa shape index (κ1) is 13.2. The van der Waals surface area contributed by atoms with Gasteiger partial charge < -0.3 is 5.32 Å². The number of amides is 3. The van der Waals surface area contributed by atoms with Crippen LogP contribution in [0.1, 0.15) is 13.3 Å². The SMILES string of the molecule is CC(=O)Nc1ccc(N2C(=O)[C@@H]3[C@@H](C2=O)[C@H]2C=C[C@H]3C2)cc1. The Morgan fingerprint density at radius 1 is 1.05 bits per heavy atom. The Morgan fingerprint density at radius 3 is 2.09 bits per heavy atom. The molecule has 112 valence electrons. The lowest BCUT2D eigenvalue weighted by Crippen LogP contribution is -2.32. The minimum Gasteiger partial charge on any atom is -0.326 e. The van der Waals surface area contributed by atoms with Gasteiger partial charge >= 0.3 is 0 Å². The highest BCUT2D eigenvalue weighted by Crippen LogP contribution is 2.53. The predicted octanol–water partition coefficient (Wildman–Crippen LogP) is 1.96. The number of hydrogen-bond acceptors (Lipinski definition) is 3. The number of allylic oxidation sites excluding steroid dienone is 2. The van der Waals surface area contributed by atoms with E-state index in [9.17, 15) is 14.4 Å². The lowest BCUT2D eigenvalue weighted by atomic mass is 9.85. The molecular formula is C17H16N2O3. The summed E-state index contributed by atoms with van der Waals surface area (Å²) in [6, 6.07) is 6.82. The van der Waals surface area contributed by atoms with Gasteiger partial charge in [0.25, 0.3) is 0 Å². The fourth-order valence-corrected chi connectivity index (χ4v) is 4.05. The van der Waals surface area contributed by atoms with Crippen molar-refractivity contribution in [3.05, 3.63) is 36.4 Å². The molecule has 1 heterocycles. The van der Waals surface area contributed by atoms with E-state index in [0.29, 0.717) is 11.4 Å². The number of nitrogens with one attached hydrogen (secondary N) is 1. The smallest absolute Gasteiger partial charge is 0.238 e. The lowest BCUT2D eigenvalue weighted by Gasteiger charge is -2.17. The highest BCUT2D eigenvalue weighted by molar-refractivity contribution is 6.22. The Bertz CT molecular complexity index is 677. The van der Waals surface area contributed by atoms with Crippen LogP contribution in [0, 0.1) is 23.7 Å². The summed E-state index contributed by atoms with van der Waals surface area (Å²) in [5, 5.41) is 2.67. The number of benzene rings is 1. The summed E-state index contributed by atoms with van der Waals surface area (Å²) in [5.41, 5.74) is 1.23. The van der Waals surface area contributed by atoms with Crippen molar-refractivity contribution in [1.29, 1.82) is 0 Å². The van der Waals surface area contributed by atoms with Crippen molar-refractivity contribution in [2.24, 2.45) is 23.7 Å². The molecule has 1 N–H and O–H groups in total. The van der Waals surface area contributed by atoms with Crippen LogP contribution < -0.4 is 10.2 Å². The molecule has 5 nitrogen and oxygen atoms in total. The molecule has 1 saturated heterocycles. The van der Waals surface area contributed by atoms with Crippen LogP contribution in [-0.2, 0) is 14.4 Å². The molecule has 4 rings (SSSR count). The van der Waals surface area contributed by atoms with Gasteiger partial charge in [0.05, 0.1) is 17.5 Å². The minimum absolute atomic E-state index is 0.0841. The summed E-state index contributed by atoms with van der Waals surface area (Å²) in [5.74, 6) is -0.253. The Morgan fingerprint density at radius 2 is 1.59 bits per heavy atom. The van der Waals surface area contributed by atoms with E-state index in [1.165, 1.54) is 11.8 Å². The molecule has 0 radical (unpaired) electrons. The van der Waals surface area contributed by atoms with Crippen LogP contribution in [0.2, 0.25) is 0 Å². The molecule has 2 fully saturated rings. The van der Waals surface area contributed by atoms with E-state index >= 15 is 0 Å². The zero-order chi connectivity index (χ0) is 15.4. The van der Waals surface area contributed by atoms with E-state index < -0.39 is 0 Å². The average molecular weight is 296 g/mol. The summed E-state index contributed by atoms with van der Waals surface area (Å²) in [6.07, 6.45) is 5.10. The highest BCUT2D eigenvalue weighted by atomic mass is 16.2. The second-order valence-corrected chi connectivity index (χ2v) is 6.24. The van der Waals surface area contributed by atoms with Gasteiger partial charge in [0.15, 0.2) is 0 Å². The third-order valence-corrected chi connectivity index (χ3v) is 4.92. The van der Waals surface area contributed by atoms with E-state index in [1.54, 1.807) is 24.3 Å². The quantitative estimate of drug-likeness (QED) is 0.670. The van der Waals surface area contributed by atoms with Crippen LogP contribution in [0.15, 0.2) is 36.4 Å². The van der Waals surface area contributed by atoms with Gasteiger partial charge in [-0.05, 0) is 42.5 Å². The maximum atomic E-state index is 12.7. The monoisotopic (exact) mass is 296 g/mol. The van der Waals surface area contributed by atoms with Crippen molar-refractivity contribution in [1.82, 2.24) is 0 Å². The van der Waals surface area contributed by atoms with Crippen LogP contribution >= 0.6 is 0 Å². The molecule has 0 aromatic heterocycles. The summed E-state index contributed by atoms with van der Waals surface area (Å²) < 4.78 is 0. The number of nitrogens with zero attached hydrogens (tertiary/aromatic N) is 1. The maximum Gasteiger partial charge on any atom is 0.238 e. The van der Waals surface area contributed by atoms with Gasteiger partial charge in [-0.15, -0.1) is 0 Å². The Balaban J connectivity index is 1.62. The summed E-state index contributed by atoms with van der Waals surface area (Å²) in [6.45, 7) is 1.44. The van der Waals surface area contributed by atoms with Crippen molar-refractivity contribution in [2.75, 3.05) is 10.2 Å². The molecule has 1 aromatic carbocycles. The molecule has 5 heteroatoms. The number of carbonyl (C=O) groups is 3. The molecule has 2 bridgehead atoms. The van der Waals surface area contributed by atoms with Crippen LogP contribution in [0.3, 0.4) is 0 Å². The topological polar surface area (TPSA) is 66.5 Å². The van der Waals surface area contributed by atoms with Crippen molar-refractivity contribution < 1.29 is 14.4 Å². The van der Waals surface area contributed by atoms with Crippen molar-refractivity contribution in [3.63, 3.8) is 0 Å². The van der Waals surface area contributed by atoms with Crippen LogP contribution in [-0.4, -0.2) is 17.7 Å². The molecule has 22 heavy (non-hydrogen) atoms. The van der Waals surface area contributed by atoms with Crippen LogP contribution in [0.4, 0.5) is 11.4 Å². The molecule has 3 aliphatic rings. The zero-order valence-electron chi connectivity index (χ0n) is 12.2. The first-order valence-corrected chi connectivity index (χ1v) is 7.50. The van der Waals surface area contributed by atoms with Crippen LogP contribution in [0.25, 0.3) is 0 Å². The van der Waals surface area contributed by atoms with Gasteiger partial charge in [-0.25, -0.2) is 0 Å². The van der Waals surface area contributed by atoms with Crippen molar-refractivity contribution in [3.8, 4) is 0 Å². The largest absolute Gasteiger partial charge is 0.326 e. The summed E-state index contributed by atoms with van der Waals surface area (Å²) in [7, 11) is 0. The summed E-state index contributed by atoms with van der Waals surface area (Å²) >= 11 is 0. The van der Waals surface area contributed by atoms with E-state index in [-0.39, 0.29) is 41.4 Å². The standard InChI is InChI=1S/C17H16N2O3/c1-9(20)18-12-4-6-13(7-5-12)19-16(21)14-10-2-3-11(8-10)15(14)17(19)22/h2-7,10-11,14-15H,8H2,1H3,(H,18,20)/t10-,11-,14-,15-/m0/s1. The van der Waals surface area contributed by atoms with E-state index in [0.717, 1.165) is 6.42 Å². The number of fused-ring (bicyclic) bond motifs is 5. The fraction of sp³-hybridized carbons (Fsp3) is 0.353. The van der Waals surface area contributed by atoms with Crippen molar-refractivity contribution in [2.45, 2.75) is 13.3 Å². The molecular weight excluding hydrogens is 280 g/mol. The Hall–Kier alpha value is -2.43. The van der Waals surface area contributed by atoms with Gasteiger partial charge in [-0.1, -0.05) is 12.2 Å². The van der Waals surface area contributed by atoms with E-state index in [1.807, 2.05) is 0 Å². The molecule has 1 saturated carbocycles. The predicted molar refractivity (Wildman–Crippen MR) is 81.0 cm³/mol. The number of rotatable bonds is 2. The molecule has 1 aliphatic heterocycles. The normalized spacial score (nSPS) is 31.8. The second-order valence-electron chi connectivity index (χ2n) is 6.24. The molecule has 1 aromatic rings. The number of imide groups is 1. The Labute approximate surface area is 128 Å². The van der Waals surface area contributed by atoms with Gasteiger partial charge in [-0.2, -0.15) is 0 Å². The van der Waals surface area contributed by atoms with Gasteiger partial charge in [0.2, 0.25) is 17.7 Å². The van der Waals surface area contributed by atoms with E-state index in [2.05, 4.69) is 17.5 Å². The minimum atomic E-state index is -0.183. The second kappa shape index (κ2) is 4.53. The molecule has 0 spiro atoms. The number of carbonyl (C=O) groups excluding carboxylic acids is 3. The number of hydrogen-bond donors (Lipinski definition) is 1. The van der Waals surface area contributed by atoms with E-state index in [4.69, 9.17) is 0 Å². The Kier molecular flexibility index (Phi) is 2.73. The van der Waals surface area contributed by atoms with Gasteiger partial charge in [-0.3, -0.25) is 19.3 Å². The highest BCUT2D eigenvalue weighted by Gasteiger charge is 2.59.